The fourth-order valence-corrected chi connectivity index (χ4v) is 4.26. The van der Waals surface area contributed by atoms with Gasteiger partial charge in [0, 0.05) is 44.6 Å². The van der Waals surface area contributed by atoms with Gasteiger partial charge in [-0.05, 0) is 60.5 Å². The third-order valence-electron chi connectivity index (χ3n) is 5.48. The predicted molar refractivity (Wildman–Crippen MR) is 150 cm³/mol. The minimum atomic E-state index is -0.375. The average molecular weight is 556 g/mol. The van der Waals surface area contributed by atoms with Crippen molar-refractivity contribution < 1.29 is 9.59 Å². The average Bonchev–Trinajstić information content (AvgIpc) is 3.27. The second-order valence-electron chi connectivity index (χ2n) is 8.94. The van der Waals surface area contributed by atoms with E-state index in [0.29, 0.717) is 38.8 Å². The van der Waals surface area contributed by atoms with Crippen LogP contribution in [0.5, 0.6) is 0 Å². The Balaban J connectivity index is 1.62. The van der Waals surface area contributed by atoms with Crippen LogP contribution in [-0.2, 0) is 4.79 Å². The molecule has 0 aliphatic heterocycles. The maximum absolute atomic E-state index is 13.2. The van der Waals surface area contributed by atoms with Gasteiger partial charge in [-0.1, -0.05) is 66.8 Å². The second-order valence-corrected chi connectivity index (χ2v) is 10.3. The number of nitrogens with one attached hydrogen (secondary N) is 1. The van der Waals surface area contributed by atoms with Gasteiger partial charge in [-0.3, -0.25) is 19.5 Å². The van der Waals surface area contributed by atoms with Gasteiger partial charge in [0.15, 0.2) is 0 Å². The van der Waals surface area contributed by atoms with Crippen LogP contribution in [0.25, 0.3) is 16.9 Å². The number of benzene rings is 3. The monoisotopic (exact) mass is 554 g/mol. The van der Waals surface area contributed by atoms with E-state index in [9.17, 15) is 9.59 Å². The van der Waals surface area contributed by atoms with Gasteiger partial charge in [0.1, 0.15) is 6.54 Å². The van der Waals surface area contributed by atoms with E-state index in [1.807, 2.05) is 44.3 Å². The smallest absolute Gasteiger partial charge is 0.254 e. The van der Waals surface area contributed by atoms with Crippen LogP contribution < -0.4 is 5.32 Å². The number of amides is 2. The molecule has 3 aromatic carbocycles. The van der Waals surface area contributed by atoms with E-state index in [2.05, 4.69) is 10.3 Å². The number of halogens is 3. The summed E-state index contributed by atoms with van der Waals surface area (Å²) in [7, 11) is 0. The number of aromatic nitrogens is 2. The number of hydrogen-bond donors (Lipinski definition) is 1. The number of hydrogen-bond acceptors (Lipinski definition) is 3. The number of carbonyl (C=O) groups excluding carboxylic acids is 2. The second kappa shape index (κ2) is 11.8. The molecule has 0 radical (unpaired) electrons. The summed E-state index contributed by atoms with van der Waals surface area (Å²) in [5.74, 6) is -0.158. The fraction of sp³-hybridized carbons (Fsp3) is 0.179. The lowest BCUT2D eigenvalue weighted by atomic mass is 10.1. The van der Waals surface area contributed by atoms with Gasteiger partial charge in [-0.25, -0.2) is 4.98 Å². The minimum absolute atomic E-state index is 0.141. The van der Waals surface area contributed by atoms with E-state index in [-0.39, 0.29) is 24.3 Å². The van der Waals surface area contributed by atoms with E-state index in [4.69, 9.17) is 34.8 Å². The largest absolute Gasteiger partial charge is 0.329 e. The van der Waals surface area contributed by atoms with Gasteiger partial charge in [0.05, 0.1) is 5.69 Å². The summed E-state index contributed by atoms with van der Waals surface area (Å²) >= 11 is 18.2. The molecule has 4 aromatic rings. The number of anilines is 1. The molecule has 0 atom stereocenters. The van der Waals surface area contributed by atoms with E-state index in [0.717, 1.165) is 11.3 Å². The normalized spacial score (nSPS) is 11.0. The zero-order chi connectivity index (χ0) is 26.5. The molecule has 0 bridgehead atoms. The molecule has 0 aliphatic rings. The molecule has 1 heterocycles. The molecule has 0 aliphatic carbocycles. The Morgan fingerprint density at radius 2 is 1.57 bits per heavy atom. The molecule has 190 valence electrons. The molecule has 1 aromatic heterocycles. The summed E-state index contributed by atoms with van der Waals surface area (Å²) in [5.41, 5.74) is 2.67. The molecule has 4 rings (SSSR count). The van der Waals surface area contributed by atoms with E-state index in [1.165, 1.54) is 4.90 Å². The summed E-state index contributed by atoms with van der Waals surface area (Å²) < 4.78 is 1.75. The van der Waals surface area contributed by atoms with Crippen LogP contribution in [0.1, 0.15) is 24.2 Å². The first kappa shape index (κ1) is 26.7. The zero-order valence-corrected chi connectivity index (χ0v) is 22.6. The van der Waals surface area contributed by atoms with E-state index in [1.54, 1.807) is 53.1 Å². The van der Waals surface area contributed by atoms with Gasteiger partial charge < -0.3 is 4.90 Å². The van der Waals surface area contributed by atoms with Crippen LogP contribution in [0.2, 0.25) is 15.1 Å². The van der Waals surface area contributed by atoms with Gasteiger partial charge >= 0.3 is 0 Å². The summed E-state index contributed by atoms with van der Waals surface area (Å²) in [6.07, 6.45) is 1.81. The van der Waals surface area contributed by atoms with Crippen molar-refractivity contribution >= 4 is 52.6 Å². The van der Waals surface area contributed by atoms with Gasteiger partial charge in [0.25, 0.3) is 5.91 Å². The zero-order valence-electron chi connectivity index (χ0n) is 20.3. The van der Waals surface area contributed by atoms with Crippen LogP contribution in [0, 0.1) is 5.92 Å². The van der Waals surface area contributed by atoms with Gasteiger partial charge in [-0.15, -0.1) is 0 Å². The lowest BCUT2D eigenvalue weighted by Crippen LogP contribution is -2.40. The van der Waals surface area contributed by atoms with Crippen molar-refractivity contribution in [3.05, 3.63) is 99.6 Å². The molecule has 2 amide bonds. The standard InChI is InChI=1S/C28H25Cl3N4O2/c1-18(2)15-34(27(37)20-8-12-22(30)13-9-20)17-26(36)33-28-32-25(19-6-10-21(29)11-7-19)16-35(28)24-5-3-4-23(31)14-24/h3-14,16,18H,15,17H2,1-2H3,(H,32,33,36). The fourth-order valence-electron chi connectivity index (χ4n) is 3.82. The Morgan fingerprint density at radius 1 is 0.919 bits per heavy atom. The summed E-state index contributed by atoms with van der Waals surface area (Å²) in [5, 5.41) is 4.58. The summed E-state index contributed by atoms with van der Waals surface area (Å²) in [6.45, 7) is 4.25. The molecule has 0 saturated heterocycles. The van der Waals surface area contributed by atoms with Crippen molar-refractivity contribution in [2.24, 2.45) is 5.92 Å². The lowest BCUT2D eigenvalue weighted by molar-refractivity contribution is -0.117. The molecular weight excluding hydrogens is 531 g/mol. The van der Waals surface area contributed by atoms with Crippen molar-refractivity contribution in [3.63, 3.8) is 0 Å². The first-order valence-electron chi connectivity index (χ1n) is 11.7. The lowest BCUT2D eigenvalue weighted by Gasteiger charge is -2.24. The predicted octanol–water partition coefficient (Wildman–Crippen LogP) is 7.24. The third kappa shape index (κ3) is 6.92. The van der Waals surface area contributed by atoms with Crippen LogP contribution >= 0.6 is 34.8 Å². The number of nitrogens with zero attached hydrogens (tertiary/aromatic N) is 3. The van der Waals surface area contributed by atoms with Crippen LogP contribution in [0.3, 0.4) is 0 Å². The molecule has 0 unspecified atom stereocenters. The Labute approximate surface area is 230 Å². The molecule has 0 saturated carbocycles. The van der Waals surface area contributed by atoms with Crippen LogP contribution in [0.15, 0.2) is 79.0 Å². The highest BCUT2D eigenvalue weighted by Gasteiger charge is 2.22. The Kier molecular flexibility index (Phi) is 8.54. The van der Waals surface area contributed by atoms with Crippen molar-refractivity contribution in [1.82, 2.24) is 14.5 Å². The number of rotatable bonds is 8. The quantitative estimate of drug-likeness (QED) is 0.249. The third-order valence-corrected chi connectivity index (χ3v) is 6.22. The molecule has 0 spiro atoms. The van der Waals surface area contributed by atoms with Crippen molar-refractivity contribution in [2.45, 2.75) is 13.8 Å². The van der Waals surface area contributed by atoms with Crippen LogP contribution in [0.4, 0.5) is 5.95 Å². The SMILES string of the molecule is CC(C)CN(CC(=O)Nc1nc(-c2ccc(Cl)cc2)cn1-c1cccc(Cl)c1)C(=O)c1ccc(Cl)cc1. The molecule has 9 heteroatoms. The highest BCUT2D eigenvalue weighted by molar-refractivity contribution is 6.31. The summed E-state index contributed by atoms with van der Waals surface area (Å²) in [4.78, 5) is 32.6. The Bertz CT molecular complexity index is 1400. The molecule has 6 nitrogen and oxygen atoms in total. The molecule has 1 N–H and O–H groups in total. The number of carbonyl (C=O) groups is 2. The summed E-state index contributed by atoms with van der Waals surface area (Å²) in [6, 6.07) is 21.1. The van der Waals surface area contributed by atoms with Crippen molar-refractivity contribution in [2.75, 3.05) is 18.4 Å². The minimum Gasteiger partial charge on any atom is -0.329 e. The topological polar surface area (TPSA) is 67.2 Å². The van der Waals surface area contributed by atoms with E-state index < -0.39 is 0 Å². The highest BCUT2D eigenvalue weighted by Crippen LogP contribution is 2.27. The first-order chi connectivity index (χ1) is 17.7. The Hall–Kier alpha value is -3.32. The Morgan fingerprint density at radius 3 is 2.19 bits per heavy atom. The van der Waals surface area contributed by atoms with Crippen molar-refractivity contribution in [3.8, 4) is 16.9 Å². The van der Waals surface area contributed by atoms with Crippen molar-refractivity contribution in [1.29, 1.82) is 0 Å². The van der Waals surface area contributed by atoms with Gasteiger partial charge in [-0.2, -0.15) is 0 Å². The molecule has 37 heavy (non-hydrogen) atoms. The van der Waals surface area contributed by atoms with E-state index >= 15 is 0 Å². The maximum atomic E-state index is 13.2. The first-order valence-corrected chi connectivity index (χ1v) is 12.8. The van der Waals surface area contributed by atoms with Gasteiger partial charge in [0.2, 0.25) is 11.9 Å². The highest BCUT2D eigenvalue weighted by atomic mass is 35.5. The maximum Gasteiger partial charge on any atom is 0.254 e. The molecular formula is C28H25Cl3N4O2. The van der Waals surface area contributed by atoms with Crippen LogP contribution in [-0.4, -0.2) is 39.4 Å². The number of imidazole rings is 1. The molecule has 0 fully saturated rings.